The number of aromatic amines is 1. The topological polar surface area (TPSA) is 40.9 Å². The zero-order valence-electron chi connectivity index (χ0n) is 6.55. The van der Waals surface area contributed by atoms with Crippen LogP contribution < -0.4 is 0 Å². The van der Waals surface area contributed by atoms with Crippen molar-refractivity contribution < 1.29 is 5.11 Å². The van der Waals surface area contributed by atoms with Gasteiger partial charge in [0.2, 0.25) is 5.88 Å². The number of nitrogens with one attached hydrogen (secondary N) is 1. The van der Waals surface area contributed by atoms with Crippen molar-refractivity contribution in [1.82, 2.24) is 9.55 Å². The highest BCUT2D eigenvalue weighted by Gasteiger charge is 2.07. The maximum Gasteiger partial charge on any atom is 0.215 e. The zero-order chi connectivity index (χ0) is 8.01. The Hall–Kier alpha value is -1.38. The highest BCUT2D eigenvalue weighted by molar-refractivity contribution is 5.87. The van der Waals surface area contributed by atoms with Crippen molar-refractivity contribution in [1.29, 1.82) is 0 Å². The van der Waals surface area contributed by atoms with E-state index in [1.54, 1.807) is 4.57 Å². The standard InChI is InChI=1S/C8H10N2O/c1-5-3-9-7-6(5)4-10(2)8(7)11/h3-4,9,11H,1-2H3. The molecule has 2 rings (SSSR count). The largest absolute Gasteiger partial charge is 0.493 e. The van der Waals surface area contributed by atoms with E-state index in [9.17, 15) is 5.11 Å². The van der Waals surface area contributed by atoms with E-state index < -0.39 is 0 Å². The SMILES string of the molecule is Cc1c[nH]c2c(O)n(C)cc12. The smallest absolute Gasteiger partial charge is 0.215 e. The first-order valence-corrected chi connectivity index (χ1v) is 3.52. The summed E-state index contributed by atoms with van der Waals surface area (Å²) in [5.41, 5.74) is 1.99. The Morgan fingerprint density at radius 1 is 1.55 bits per heavy atom. The number of aryl methyl sites for hydroxylation is 2. The van der Waals surface area contributed by atoms with E-state index in [2.05, 4.69) is 4.98 Å². The van der Waals surface area contributed by atoms with Gasteiger partial charge in [-0.3, -0.25) is 0 Å². The molecule has 2 heterocycles. The molecule has 0 saturated carbocycles. The zero-order valence-corrected chi connectivity index (χ0v) is 6.55. The Morgan fingerprint density at radius 3 is 2.91 bits per heavy atom. The number of aromatic hydroxyl groups is 1. The predicted octanol–water partition coefficient (Wildman–Crippen LogP) is 1.52. The van der Waals surface area contributed by atoms with Gasteiger partial charge in [0, 0.05) is 24.8 Å². The fraction of sp³-hybridized carbons (Fsp3) is 0.250. The van der Waals surface area contributed by atoms with Crippen LogP contribution in [0.25, 0.3) is 10.9 Å². The lowest BCUT2D eigenvalue weighted by Crippen LogP contribution is -1.81. The van der Waals surface area contributed by atoms with Gasteiger partial charge in [0.05, 0.1) is 0 Å². The molecule has 0 atom stereocenters. The van der Waals surface area contributed by atoms with Gasteiger partial charge in [-0.05, 0) is 12.5 Å². The van der Waals surface area contributed by atoms with Crippen LogP contribution in [0.3, 0.4) is 0 Å². The van der Waals surface area contributed by atoms with Crippen LogP contribution in [0.1, 0.15) is 5.56 Å². The lowest BCUT2D eigenvalue weighted by atomic mass is 10.3. The second kappa shape index (κ2) is 1.81. The monoisotopic (exact) mass is 150 g/mol. The number of aromatic nitrogens is 2. The molecule has 0 aromatic carbocycles. The van der Waals surface area contributed by atoms with E-state index >= 15 is 0 Å². The minimum absolute atomic E-state index is 0.299. The van der Waals surface area contributed by atoms with Crippen molar-refractivity contribution >= 4 is 10.9 Å². The van der Waals surface area contributed by atoms with E-state index in [1.165, 1.54) is 0 Å². The van der Waals surface area contributed by atoms with Crippen molar-refractivity contribution in [3.63, 3.8) is 0 Å². The van der Waals surface area contributed by atoms with Gasteiger partial charge in [-0.1, -0.05) is 0 Å². The fourth-order valence-electron chi connectivity index (χ4n) is 1.32. The average Bonchev–Trinajstić information content (AvgIpc) is 2.43. The van der Waals surface area contributed by atoms with Gasteiger partial charge < -0.3 is 14.7 Å². The molecule has 11 heavy (non-hydrogen) atoms. The molecule has 0 fully saturated rings. The Morgan fingerprint density at radius 2 is 2.27 bits per heavy atom. The molecular formula is C8H10N2O. The van der Waals surface area contributed by atoms with E-state index in [0.29, 0.717) is 5.88 Å². The molecule has 3 heteroatoms. The van der Waals surface area contributed by atoms with Gasteiger partial charge in [-0.15, -0.1) is 0 Å². The summed E-state index contributed by atoms with van der Waals surface area (Å²) in [6.07, 6.45) is 3.81. The number of nitrogens with zero attached hydrogens (tertiary/aromatic N) is 1. The van der Waals surface area contributed by atoms with Gasteiger partial charge in [-0.25, -0.2) is 0 Å². The summed E-state index contributed by atoms with van der Waals surface area (Å²) < 4.78 is 1.70. The minimum Gasteiger partial charge on any atom is -0.493 e. The van der Waals surface area contributed by atoms with Gasteiger partial charge >= 0.3 is 0 Å². The molecule has 0 aliphatic carbocycles. The van der Waals surface area contributed by atoms with Gasteiger partial charge in [0.25, 0.3) is 0 Å². The predicted molar refractivity (Wildman–Crippen MR) is 43.7 cm³/mol. The van der Waals surface area contributed by atoms with Crippen LogP contribution in [0.2, 0.25) is 0 Å². The molecule has 0 saturated heterocycles. The summed E-state index contributed by atoms with van der Waals surface area (Å²) in [6.45, 7) is 2.01. The van der Waals surface area contributed by atoms with Crippen LogP contribution in [0.4, 0.5) is 0 Å². The second-order valence-electron chi connectivity index (χ2n) is 2.82. The summed E-state index contributed by atoms with van der Waals surface area (Å²) >= 11 is 0. The molecule has 0 amide bonds. The Bertz CT molecular complexity index is 397. The van der Waals surface area contributed by atoms with Crippen LogP contribution in [0.5, 0.6) is 5.88 Å². The van der Waals surface area contributed by atoms with Crippen molar-refractivity contribution in [3.8, 4) is 5.88 Å². The van der Waals surface area contributed by atoms with Gasteiger partial charge in [0.1, 0.15) is 5.52 Å². The van der Waals surface area contributed by atoms with E-state index in [0.717, 1.165) is 16.5 Å². The lowest BCUT2D eigenvalue weighted by Gasteiger charge is -1.90. The van der Waals surface area contributed by atoms with Crippen LogP contribution in [-0.2, 0) is 7.05 Å². The molecule has 3 nitrogen and oxygen atoms in total. The molecular weight excluding hydrogens is 140 g/mol. The summed E-state index contributed by atoms with van der Waals surface area (Å²) in [5, 5.41) is 10.5. The number of fused-ring (bicyclic) bond motifs is 1. The van der Waals surface area contributed by atoms with Crippen molar-refractivity contribution in [2.45, 2.75) is 6.92 Å². The normalized spacial score (nSPS) is 11.1. The first kappa shape index (κ1) is 6.34. The molecule has 0 radical (unpaired) electrons. The summed E-state index contributed by atoms with van der Waals surface area (Å²) in [4.78, 5) is 3.01. The highest BCUT2D eigenvalue weighted by Crippen LogP contribution is 2.26. The molecule has 58 valence electrons. The van der Waals surface area contributed by atoms with Crippen molar-refractivity contribution in [2.75, 3.05) is 0 Å². The maximum atomic E-state index is 9.44. The quantitative estimate of drug-likeness (QED) is 0.587. The fourth-order valence-corrected chi connectivity index (χ4v) is 1.32. The van der Waals surface area contributed by atoms with E-state index in [-0.39, 0.29) is 0 Å². The van der Waals surface area contributed by atoms with E-state index in [4.69, 9.17) is 0 Å². The van der Waals surface area contributed by atoms with Crippen LogP contribution in [0, 0.1) is 6.92 Å². The third-order valence-corrected chi connectivity index (χ3v) is 2.01. The molecule has 2 aromatic rings. The highest BCUT2D eigenvalue weighted by atomic mass is 16.3. The number of hydrogen-bond donors (Lipinski definition) is 2. The summed E-state index contributed by atoms with van der Waals surface area (Å²) in [5.74, 6) is 0.299. The molecule has 2 N–H and O–H groups in total. The third kappa shape index (κ3) is 0.677. The molecule has 0 unspecified atom stereocenters. The van der Waals surface area contributed by atoms with E-state index in [1.807, 2.05) is 26.4 Å². The van der Waals surface area contributed by atoms with Gasteiger partial charge in [-0.2, -0.15) is 0 Å². The van der Waals surface area contributed by atoms with Crippen molar-refractivity contribution in [3.05, 3.63) is 18.0 Å². The van der Waals surface area contributed by atoms with Crippen LogP contribution in [-0.4, -0.2) is 14.7 Å². The number of H-pyrrole nitrogens is 1. The summed E-state index contributed by atoms with van der Waals surface area (Å²) in [7, 11) is 1.82. The van der Waals surface area contributed by atoms with Crippen LogP contribution >= 0.6 is 0 Å². The molecule has 0 aliphatic rings. The first-order chi connectivity index (χ1) is 5.20. The molecule has 2 aromatic heterocycles. The minimum atomic E-state index is 0.299. The Balaban J connectivity index is 2.93. The Labute approximate surface area is 64.3 Å². The summed E-state index contributed by atoms with van der Waals surface area (Å²) in [6, 6.07) is 0. The first-order valence-electron chi connectivity index (χ1n) is 3.52. The third-order valence-electron chi connectivity index (χ3n) is 2.01. The van der Waals surface area contributed by atoms with Crippen molar-refractivity contribution in [2.24, 2.45) is 7.05 Å². The Kier molecular flexibility index (Phi) is 1.04. The molecule has 0 spiro atoms. The molecule has 0 aliphatic heterocycles. The average molecular weight is 150 g/mol. The lowest BCUT2D eigenvalue weighted by molar-refractivity contribution is 0.436. The number of rotatable bonds is 0. The van der Waals surface area contributed by atoms with Gasteiger partial charge in [0.15, 0.2) is 0 Å². The number of hydrogen-bond acceptors (Lipinski definition) is 1. The molecule has 0 bridgehead atoms. The second-order valence-corrected chi connectivity index (χ2v) is 2.82. The van der Waals surface area contributed by atoms with Crippen LogP contribution in [0.15, 0.2) is 12.4 Å². The maximum absolute atomic E-state index is 9.44.